The molecular formula is C13H7F4NO2. The van der Waals surface area contributed by atoms with Crippen LogP contribution in [0.3, 0.4) is 0 Å². The number of alkyl halides is 3. The van der Waals surface area contributed by atoms with Gasteiger partial charge in [-0.3, -0.25) is 4.79 Å². The van der Waals surface area contributed by atoms with Crippen LogP contribution in [-0.4, -0.2) is 17.6 Å². The number of aldehydes is 1. The number of nitrogens with zero attached hydrogens (tertiary/aromatic N) is 1. The minimum absolute atomic E-state index is 0.0250. The van der Waals surface area contributed by atoms with Gasteiger partial charge in [0.05, 0.1) is 0 Å². The lowest BCUT2D eigenvalue weighted by Crippen LogP contribution is -2.16. The Labute approximate surface area is 110 Å². The van der Waals surface area contributed by atoms with Gasteiger partial charge in [-0.1, -0.05) is 0 Å². The smallest absolute Gasteiger partial charge is 0.406 e. The summed E-state index contributed by atoms with van der Waals surface area (Å²) >= 11 is 0. The van der Waals surface area contributed by atoms with Crippen molar-refractivity contribution in [1.29, 1.82) is 0 Å². The molecular weight excluding hydrogens is 278 g/mol. The summed E-state index contributed by atoms with van der Waals surface area (Å²) in [5.41, 5.74) is 0.144. The van der Waals surface area contributed by atoms with Gasteiger partial charge in [-0.25, -0.2) is 9.37 Å². The summed E-state index contributed by atoms with van der Waals surface area (Å²) < 4.78 is 53.3. The molecule has 0 saturated heterocycles. The number of ether oxygens (including phenoxy) is 1. The van der Waals surface area contributed by atoms with Crippen molar-refractivity contribution >= 4 is 6.29 Å². The van der Waals surface area contributed by atoms with Crippen LogP contribution in [-0.2, 0) is 0 Å². The largest absolute Gasteiger partial charge is 0.573 e. The van der Waals surface area contributed by atoms with Crippen LogP contribution in [0.2, 0.25) is 0 Å². The van der Waals surface area contributed by atoms with E-state index in [1.165, 1.54) is 18.2 Å². The molecule has 0 radical (unpaired) electrons. The Balaban J connectivity index is 2.32. The lowest BCUT2D eigenvalue weighted by Gasteiger charge is -2.09. The van der Waals surface area contributed by atoms with Gasteiger partial charge in [-0.2, -0.15) is 0 Å². The molecule has 0 amide bonds. The van der Waals surface area contributed by atoms with Gasteiger partial charge in [0.15, 0.2) is 6.29 Å². The fourth-order valence-electron chi connectivity index (χ4n) is 1.54. The molecule has 0 aliphatic heterocycles. The third-order valence-corrected chi connectivity index (χ3v) is 2.35. The van der Waals surface area contributed by atoms with Gasteiger partial charge < -0.3 is 4.74 Å². The number of hydrogen-bond acceptors (Lipinski definition) is 3. The van der Waals surface area contributed by atoms with Gasteiger partial charge in [0.1, 0.15) is 23.0 Å². The summed E-state index contributed by atoms with van der Waals surface area (Å²) in [6.45, 7) is 0. The lowest BCUT2D eigenvalue weighted by molar-refractivity contribution is -0.274. The fourth-order valence-corrected chi connectivity index (χ4v) is 1.54. The van der Waals surface area contributed by atoms with E-state index < -0.39 is 17.9 Å². The molecule has 1 aromatic heterocycles. The van der Waals surface area contributed by atoms with E-state index in [9.17, 15) is 22.4 Å². The second-order valence-corrected chi connectivity index (χ2v) is 3.76. The van der Waals surface area contributed by atoms with Gasteiger partial charge in [0.2, 0.25) is 0 Å². The van der Waals surface area contributed by atoms with E-state index >= 15 is 0 Å². The Bertz CT molecular complexity index is 623. The first-order valence-electron chi connectivity index (χ1n) is 5.37. The maximum absolute atomic E-state index is 13.6. The van der Waals surface area contributed by atoms with E-state index in [0.717, 1.165) is 18.2 Å². The molecule has 0 aliphatic rings. The Morgan fingerprint density at radius 3 is 2.25 bits per heavy atom. The fraction of sp³-hybridized carbons (Fsp3) is 0.0769. The standard InChI is InChI=1S/C13H7F4NO2/c14-11-6-3-9(7-19)18-12(11)8-1-4-10(5-2-8)20-13(15,16)17/h1-7H. The number of aromatic nitrogens is 1. The van der Waals surface area contributed by atoms with Crippen molar-refractivity contribution in [1.82, 2.24) is 4.98 Å². The molecule has 0 aliphatic carbocycles. The van der Waals surface area contributed by atoms with Gasteiger partial charge in [-0.05, 0) is 36.4 Å². The Kier molecular flexibility index (Phi) is 3.69. The van der Waals surface area contributed by atoms with E-state index in [4.69, 9.17) is 0 Å². The van der Waals surface area contributed by atoms with E-state index in [1.807, 2.05) is 0 Å². The van der Waals surface area contributed by atoms with E-state index in [1.54, 1.807) is 0 Å². The molecule has 3 nitrogen and oxygen atoms in total. The minimum Gasteiger partial charge on any atom is -0.406 e. The van der Waals surface area contributed by atoms with Crippen molar-refractivity contribution in [2.24, 2.45) is 0 Å². The highest BCUT2D eigenvalue weighted by atomic mass is 19.4. The van der Waals surface area contributed by atoms with Crippen LogP contribution >= 0.6 is 0 Å². The highest BCUT2D eigenvalue weighted by Crippen LogP contribution is 2.26. The van der Waals surface area contributed by atoms with Crippen molar-refractivity contribution in [3.8, 4) is 17.0 Å². The topological polar surface area (TPSA) is 39.2 Å². The number of halogens is 4. The van der Waals surface area contributed by atoms with Crippen molar-refractivity contribution in [2.45, 2.75) is 6.36 Å². The van der Waals surface area contributed by atoms with E-state index in [0.29, 0.717) is 6.29 Å². The zero-order valence-electron chi connectivity index (χ0n) is 9.82. The first-order valence-corrected chi connectivity index (χ1v) is 5.37. The summed E-state index contributed by atoms with van der Waals surface area (Å²) in [4.78, 5) is 14.3. The van der Waals surface area contributed by atoms with Gasteiger partial charge >= 0.3 is 6.36 Å². The maximum Gasteiger partial charge on any atom is 0.573 e. The first kappa shape index (κ1) is 14.0. The summed E-state index contributed by atoms with van der Waals surface area (Å²) in [6, 6.07) is 6.79. The highest BCUT2D eigenvalue weighted by Gasteiger charge is 2.31. The zero-order chi connectivity index (χ0) is 14.8. The Morgan fingerprint density at radius 2 is 1.70 bits per heavy atom. The second kappa shape index (κ2) is 5.28. The number of carbonyl (C=O) groups is 1. The molecule has 0 unspecified atom stereocenters. The van der Waals surface area contributed by atoms with Crippen LogP contribution in [0.1, 0.15) is 10.5 Å². The number of benzene rings is 1. The van der Waals surface area contributed by atoms with E-state index in [2.05, 4.69) is 9.72 Å². The van der Waals surface area contributed by atoms with Crippen LogP contribution in [0.4, 0.5) is 17.6 Å². The number of rotatable bonds is 3. The molecule has 0 fully saturated rings. The molecule has 104 valence electrons. The normalized spacial score (nSPS) is 11.2. The van der Waals surface area contributed by atoms with Crippen LogP contribution in [0.25, 0.3) is 11.3 Å². The Morgan fingerprint density at radius 1 is 1.05 bits per heavy atom. The minimum atomic E-state index is -4.79. The summed E-state index contributed by atoms with van der Waals surface area (Å²) in [5.74, 6) is -1.10. The number of carbonyl (C=O) groups excluding carboxylic acids is 1. The SMILES string of the molecule is O=Cc1ccc(F)c(-c2ccc(OC(F)(F)F)cc2)n1. The monoisotopic (exact) mass is 285 g/mol. The van der Waals surface area contributed by atoms with Crippen LogP contribution in [0.15, 0.2) is 36.4 Å². The Hall–Kier alpha value is -2.44. The summed E-state index contributed by atoms with van der Waals surface area (Å²) in [5, 5.41) is 0. The molecule has 7 heteroatoms. The molecule has 2 aromatic rings. The predicted octanol–water partition coefficient (Wildman–Crippen LogP) is 3.60. The summed E-state index contributed by atoms with van der Waals surface area (Å²) in [7, 11) is 0. The van der Waals surface area contributed by atoms with Crippen molar-refractivity contribution in [2.75, 3.05) is 0 Å². The molecule has 2 rings (SSSR count). The average Bonchev–Trinajstić information content (AvgIpc) is 2.39. The molecule has 0 saturated carbocycles. The zero-order valence-corrected chi connectivity index (χ0v) is 9.82. The van der Waals surface area contributed by atoms with Crippen LogP contribution in [0.5, 0.6) is 5.75 Å². The van der Waals surface area contributed by atoms with Gasteiger partial charge in [0, 0.05) is 5.56 Å². The quantitative estimate of drug-likeness (QED) is 0.639. The average molecular weight is 285 g/mol. The molecule has 0 bridgehead atoms. The molecule has 0 atom stereocenters. The lowest BCUT2D eigenvalue weighted by atomic mass is 10.1. The maximum atomic E-state index is 13.6. The third-order valence-electron chi connectivity index (χ3n) is 2.35. The third kappa shape index (κ3) is 3.31. The van der Waals surface area contributed by atoms with E-state index in [-0.39, 0.29) is 17.0 Å². The predicted molar refractivity (Wildman–Crippen MR) is 61.7 cm³/mol. The van der Waals surface area contributed by atoms with Crippen LogP contribution < -0.4 is 4.74 Å². The highest BCUT2D eigenvalue weighted by molar-refractivity contribution is 5.74. The van der Waals surface area contributed by atoms with Crippen molar-refractivity contribution < 1.29 is 27.1 Å². The molecule has 0 N–H and O–H groups in total. The molecule has 20 heavy (non-hydrogen) atoms. The van der Waals surface area contributed by atoms with Crippen molar-refractivity contribution in [3.05, 3.63) is 47.9 Å². The number of pyridine rings is 1. The summed E-state index contributed by atoms with van der Waals surface area (Å²) in [6.07, 6.45) is -4.34. The molecule has 1 aromatic carbocycles. The second-order valence-electron chi connectivity index (χ2n) is 3.76. The van der Waals surface area contributed by atoms with Gasteiger partial charge in [0.25, 0.3) is 0 Å². The van der Waals surface area contributed by atoms with Crippen molar-refractivity contribution in [3.63, 3.8) is 0 Å². The first-order chi connectivity index (χ1) is 9.39. The van der Waals surface area contributed by atoms with Gasteiger partial charge in [-0.15, -0.1) is 13.2 Å². The number of hydrogen-bond donors (Lipinski definition) is 0. The van der Waals surface area contributed by atoms with Crippen LogP contribution in [0, 0.1) is 5.82 Å². The molecule has 0 spiro atoms. The molecule has 1 heterocycles.